The van der Waals surface area contributed by atoms with E-state index >= 15 is 0 Å². The Morgan fingerprint density at radius 3 is 1.82 bits per heavy atom. The summed E-state index contributed by atoms with van der Waals surface area (Å²) in [4.78, 5) is 8.00. The zero-order chi connectivity index (χ0) is 13.1. The molecule has 1 heterocycles. The number of hydrogen-bond donors (Lipinski definition) is 1. The van der Waals surface area contributed by atoms with E-state index in [1.807, 2.05) is 19.8 Å². The van der Waals surface area contributed by atoms with Crippen molar-refractivity contribution < 1.29 is 14.6 Å². The number of para-hydroxylation sites is 1. The summed E-state index contributed by atoms with van der Waals surface area (Å²) in [5, 5.41) is 19.0. The van der Waals surface area contributed by atoms with E-state index in [0.717, 1.165) is 10.3 Å². The van der Waals surface area contributed by atoms with E-state index in [1.54, 1.807) is 36.4 Å². The number of phenols is 1. The minimum absolute atomic E-state index is 0.322. The lowest BCUT2D eigenvalue weighted by molar-refractivity contribution is -0.605. The van der Waals surface area contributed by atoms with Gasteiger partial charge in [-0.1, -0.05) is 18.2 Å². The first-order valence-corrected chi connectivity index (χ1v) is 4.87. The summed E-state index contributed by atoms with van der Waals surface area (Å²) < 4.78 is 0.771. The van der Waals surface area contributed by atoms with Crippen LogP contribution in [0.4, 0.5) is 0 Å². The lowest BCUT2D eigenvalue weighted by Crippen LogP contribution is -2.23. The van der Waals surface area contributed by atoms with Crippen LogP contribution in [-0.4, -0.2) is 11.9 Å². The van der Waals surface area contributed by atoms with Crippen LogP contribution < -0.4 is 4.73 Å². The minimum atomic E-state index is 0.322. The summed E-state index contributed by atoms with van der Waals surface area (Å²) in [5.41, 5.74) is 1.11. The lowest BCUT2D eigenvalue weighted by Gasteiger charge is -1.92. The van der Waals surface area contributed by atoms with Crippen LogP contribution in [0.5, 0.6) is 5.75 Å². The van der Waals surface area contributed by atoms with E-state index in [0.29, 0.717) is 5.75 Å². The zero-order valence-corrected chi connectivity index (χ0v) is 9.61. The predicted octanol–water partition coefficient (Wildman–Crippen LogP) is 1.84. The third-order valence-electron chi connectivity index (χ3n) is 1.72. The molecule has 0 atom stereocenters. The largest absolute Gasteiger partial charge is 0.619 e. The number of benzene rings is 1. The van der Waals surface area contributed by atoms with Crippen molar-refractivity contribution in [3.05, 3.63) is 65.6 Å². The molecule has 0 spiro atoms. The van der Waals surface area contributed by atoms with Crippen LogP contribution in [0.1, 0.15) is 5.56 Å². The zero-order valence-electron chi connectivity index (χ0n) is 9.61. The Hall–Kier alpha value is -2.36. The van der Waals surface area contributed by atoms with Gasteiger partial charge in [0, 0.05) is 12.1 Å². The maximum absolute atomic E-state index is 10.3. The fourth-order valence-corrected chi connectivity index (χ4v) is 0.915. The fraction of sp³-hybridized carbons (Fsp3) is 0.0769. The van der Waals surface area contributed by atoms with E-state index in [1.165, 1.54) is 12.4 Å². The van der Waals surface area contributed by atoms with Crippen molar-refractivity contribution in [2.24, 2.45) is 0 Å². The molecular formula is C13H15NO3. The van der Waals surface area contributed by atoms with Crippen molar-refractivity contribution >= 4 is 6.79 Å². The van der Waals surface area contributed by atoms with Gasteiger partial charge in [-0.2, -0.15) is 4.73 Å². The number of aromatic hydroxyl groups is 1. The number of rotatable bonds is 0. The maximum atomic E-state index is 10.3. The molecule has 0 aliphatic carbocycles. The quantitative estimate of drug-likeness (QED) is 0.557. The predicted molar refractivity (Wildman–Crippen MR) is 65.4 cm³/mol. The molecule has 0 aliphatic rings. The molecule has 1 aromatic heterocycles. The highest BCUT2D eigenvalue weighted by molar-refractivity contribution is 5.18. The molecule has 4 heteroatoms. The van der Waals surface area contributed by atoms with Gasteiger partial charge in [0.2, 0.25) is 0 Å². The first-order chi connectivity index (χ1) is 8.18. The standard InChI is InChI=1S/C6H7NO.C6H6O.CH2O/c1-6-2-4-7(8)5-3-6;7-6-4-2-1-3-5-6;1-2/h2-5H,1H3;1-5,7H;1H2. The highest BCUT2D eigenvalue weighted by Gasteiger charge is 1.83. The van der Waals surface area contributed by atoms with Crippen molar-refractivity contribution in [3.63, 3.8) is 0 Å². The first kappa shape index (κ1) is 14.6. The van der Waals surface area contributed by atoms with Gasteiger partial charge in [-0.05, 0) is 24.6 Å². The molecule has 17 heavy (non-hydrogen) atoms. The molecule has 0 aliphatic heterocycles. The molecule has 0 saturated heterocycles. The van der Waals surface area contributed by atoms with Crippen LogP contribution >= 0.6 is 0 Å². The van der Waals surface area contributed by atoms with Crippen molar-refractivity contribution in [2.75, 3.05) is 0 Å². The first-order valence-electron chi connectivity index (χ1n) is 4.87. The molecule has 90 valence electrons. The number of nitrogens with zero attached hydrogens (tertiary/aromatic N) is 1. The Bertz CT molecular complexity index is 380. The Morgan fingerprint density at radius 1 is 1.06 bits per heavy atom. The average Bonchev–Trinajstić information content (AvgIpc) is 2.37. The highest BCUT2D eigenvalue weighted by atomic mass is 16.5. The van der Waals surface area contributed by atoms with Crippen LogP contribution in [0, 0.1) is 12.1 Å². The molecule has 0 unspecified atom stereocenters. The third-order valence-corrected chi connectivity index (χ3v) is 1.72. The SMILES string of the molecule is C=O.Cc1cc[n+]([O-])cc1.Oc1ccccc1. The molecule has 2 rings (SSSR count). The van der Waals surface area contributed by atoms with Gasteiger partial charge in [0.15, 0.2) is 12.4 Å². The Kier molecular flexibility index (Phi) is 7.67. The maximum Gasteiger partial charge on any atom is 0.180 e. The number of phenolic OH excluding ortho intramolecular Hbond substituents is 1. The second kappa shape index (κ2) is 8.91. The summed E-state index contributed by atoms with van der Waals surface area (Å²) in [5.74, 6) is 0.322. The van der Waals surface area contributed by atoms with Crippen LogP contribution in [0.3, 0.4) is 0 Å². The van der Waals surface area contributed by atoms with Gasteiger partial charge in [0.05, 0.1) is 0 Å². The van der Waals surface area contributed by atoms with E-state index in [2.05, 4.69) is 0 Å². The van der Waals surface area contributed by atoms with Crippen LogP contribution in [0.15, 0.2) is 54.9 Å². The normalized spacial score (nSPS) is 8.06. The number of hydrogen-bond acceptors (Lipinski definition) is 3. The number of aryl methyl sites for hydroxylation is 1. The number of aromatic nitrogens is 1. The molecule has 0 bridgehead atoms. The van der Waals surface area contributed by atoms with Gasteiger partial charge in [-0.15, -0.1) is 0 Å². The van der Waals surface area contributed by atoms with Gasteiger partial charge in [0.1, 0.15) is 12.5 Å². The topological polar surface area (TPSA) is 64.2 Å². The second-order valence-corrected chi connectivity index (χ2v) is 3.07. The van der Waals surface area contributed by atoms with Crippen LogP contribution in [-0.2, 0) is 4.79 Å². The van der Waals surface area contributed by atoms with E-state index in [-0.39, 0.29) is 0 Å². The minimum Gasteiger partial charge on any atom is -0.619 e. The summed E-state index contributed by atoms with van der Waals surface area (Å²) in [6.45, 7) is 3.94. The van der Waals surface area contributed by atoms with Crippen LogP contribution in [0.2, 0.25) is 0 Å². The summed E-state index contributed by atoms with van der Waals surface area (Å²) >= 11 is 0. The summed E-state index contributed by atoms with van der Waals surface area (Å²) in [6, 6.07) is 12.3. The molecule has 2 aromatic rings. The van der Waals surface area contributed by atoms with Crippen molar-refractivity contribution in [1.82, 2.24) is 0 Å². The smallest absolute Gasteiger partial charge is 0.180 e. The van der Waals surface area contributed by atoms with Crippen molar-refractivity contribution in [3.8, 4) is 5.75 Å². The van der Waals surface area contributed by atoms with E-state index < -0.39 is 0 Å². The van der Waals surface area contributed by atoms with E-state index in [4.69, 9.17) is 9.90 Å². The average molecular weight is 233 g/mol. The molecule has 1 aromatic carbocycles. The van der Waals surface area contributed by atoms with Gasteiger partial charge >= 0.3 is 0 Å². The lowest BCUT2D eigenvalue weighted by atomic mass is 10.3. The molecular weight excluding hydrogens is 218 g/mol. The number of pyridine rings is 1. The number of carbonyl (C=O) groups excluding carboxylic acids is 1. The summed E-state index contributed by atoms with van der Waals surface area (Å²) in [7, 11) is 0. The monoisotopic (exact) mass is 233 g/mol. The fourth-order valence-electron chi connectivity index (χ4n) is 0.915. The highest BCUT2D eigenvalue weighted by Crippen LogP contribution is 2.02. The van der Waals surface area contributed by atoms with Gasteiger partial charge < -0.3 is 15.1 Å². The number of carbonyl (C=O) groups is 1. The van der Waals surface area contributed by atoms with Crippen molar-refractivity contribution in [1.29, 1.82) is 0 Å². The van der Waals surface area contributed by atoms with E-state index in [9.17, 15) is 5.21 Å². The summed E-state index contributed by atoms with van der Waals surface area (Å²) in [6.07, 6.45) is 2.96. The molecule has 1 N–H and O–H groups in total. The van der Waals surface area contributed by atoms with Gasteiger partial charge in [-0.25, -0.2) is 0 Å². The molecule has 0 fully saturated rings. The van der Waals surface area contributed by atoms with Gasteiger partial charge in [-0.3, -0.25) is 0 Å². The molecule has 0 amide bonds. The second-order valence-electron chi connectivity index (χ2n) is 3.07. The van der Waals surface area contributed by atoms with Crippen LogP contribution in [0.25, 0.3) is 0 Å². The Balaban J connectivity index is 0.000000265. The Labute approximate surface area is 100 Å². The third kappa shape index (κ3) is 7.56. The van der Waals surface area contributed by atoms with Crippen molar-refractivity contribution in [2.45, 2.75) is 6.92 Å². The van der Waals surface area contributed by atoms with Gasteiger partial charge in [0.25, 0.3) is 0 Å². The Morgan fingerprint density at radius 2 is 1.53 bits per heavy atom. The molecule has 0 saturated carbocycles. The molecule has 4 nitrogen and oxygen atoms in total. The molecule has 0 radical (unpaired) electrons.